The van der Waals surface area contributed by atoms with Gasteiger partial charge in [-0.05, 0) is 25.7 Å². The zero-order chi connectivity index (χ0) is 9.07. The van der Waals surface area contributed by atoms with Crippen molar-refractivity contribution in [3.8, 4) is 0 Å². The van der Waals surface area contributed by atoms with Crippen LogP contribution < -0.4 is 0 Å². The van der Waals surface area contributed by atoms with Crippen molar-refractivity contribution in [3.63, 3.8) is 0 Å². The van der Waals surface area contributed by atoms with Crippen molar-refractivity contribution in [1.82, 2.24) is 0 Å². The molecule has 0 saturated carbocycles. The molecule has 0 fully saturated rings. The molecule has 12 heavy (non-hydrogen) atoms. The van der Waals surface area contributed by atoms with Crippen molar-refractivity contribution >= 4 is 28.9 Å². The molecule has 0 saturated heterocycles. The second-order valence-corrected chi connectivity index (χ2v) is 9.37. The number of hydrogen-bond acceptors (Lipinski definition) is 3. The first kappa shape index (κ1) is 15.9. The molecule has 0 aliphatic carbocycles. The molecule has 1 unspecified atom stereocenters. The Kier molecular flexibility index (Phi) is 9.04. The third-order valence-corrected chi connectivity index (χ3v) is 5.42. The Morgan fingerprint density at radius 1 is 1.33 bits per heavy atom. The molecule has 0 bridgehead atoms. The summed E-state index contributed by atoms with van der Waals surface area (Å²) < 4.78 is 5.19. The van der Waals surface area contributed by atoms with Gasteiger partial charge in [0, 0.05) is 22.3 Å². The molecule has 1 N–H and O–H groups in total. The van der Waals surface area contributed by atoms with Crippen molar-refractivity contribution in [1.29, 1.82) is 0 Å². The predicted octanol–water partition coefficient (Wildman–Crippen LogP) is 2.77. The Hall–Kier alpha value is 1.44. The molecular formula is C6H15CuO2PS2. The topological polar surface area (TPSA) is 29.5 Å². The van der Waals surface area contributed by atoms with Gasteiger partial charge in [0.25, 0.3) is 0 Å². The summed E-state index contributed by atoms with van der Waals surface area (Å²) in [6, 6.07) is 0. The fourth-order valence-electron chi connectivity index (χ4n) is 0.558. The second kappa shape index (κ2) is 6.83. The summed E-state index contributed by atoms with van der Waals surface area (Å²) in [5.41, 5.74) is -2.55. The SMILES string of the molecule is CC(C)OP(O)(=S)SC(C)C.[Cu]. The maximum atomic E-state index is 9.52. The monoisotopic (exact) mass is 277 g/mol. The van der Waals surface area contributed by atoms with Crippen LogP contribution in [0.1, 0.15) is 27.7 Å². The summed E-state index contributed by atoms with van der Waals surface area (Å²) in [4.78, 5) is 9.52. The maximum Gasteiger partial charge on any atom is 0.245 e. The van der Waals surface area contributed by atoms with E-state index in [1.807, 2.05) is 27.7 Å². The smallest absolute Gasteiger partial charge is 0.245 e. The molecule has 0 aliphatic rings. The molecule has 1 radical (unpaired) electrons. The summed E-state index contributed by atoms with van der Waals surface area (Å²) in [5, 5.41) is 0.324. The van der Waals surface area contributed by atoms with Crippen molar-refractivity contribution < 1.29 is 26.5 Å². The molecule has 0 spiro atoms. The van der Waals surface area contributed by atoms with E-state index in [9.17, 15) is 4.89 Å². The maximum absolute atomic E-state index is 9.52. The molecule has 2 nitrogen and oxygen atoms in total. The van der Waals surface area contributed by atoms with Crippen LogP contribution in [0.2, 0.25) is 0 Å². The molecular weight excluding hydrogens is 263 g/mol. The first-order valence-electron chi connectivity index (χ1n) is 3.53. The van der Waals surface area contributed by atoms with E-state index in [0.29, 0.717) is 5.25 Å². The quantitative estimate of drug-likeness (QED) is 0.632. The Labute approximate surface area is 94.2 Å². The molecule has 0 amide bonds. The Morgan fingerprint density at radius 3 is 2.00 bits per heavy atom. The van der Waals surface area contributed by atoms with Crippen LogP contribution in [0.3, 0.4) is 0 Å². The van der Waals surface area contributed by atoms with Gasteiger partial charge in [-0.15, -0.1) is 0 Å². The van der Waals surface area contributed by atoms with E-state index in [-0.39, 0.29) is 23.2 Å². The van der Waals surface area contributed by atoms with E-state index in [0.717, 1.165) is 0 Å². The molecule has 0 aliphatic heterocycles. The van der Waals surface area contributed by atoms with E-state index in [4.69, 9.17) is 16.3 Å². The van der Waals surface area contributed by atoms with Crippen LogP contribution in [0.25, 0.3) is 0 Å². The minimum atomic E-state index is -2.55. The van der Waals surface area contributed by atoms with Crippen LogP contribution in [0, 0.1) is 0 Å². The summed E-state index contributed by atoms with van der Waals surface area (Å²) in [6.07, 6.45) is 0.0112. The number of hydrogen-bond donors (Lipinski definition) is 1. The van der Waals surface area contributed by atoms with Crippen LogP contribution in [0.4, 0.5) is 0 Å². The molecule has 0 aromatic heterocycles. The number of rotatable bonds is 4. The first-order chi connectivity index (χ1) is 4.83. The van der Waals surface area contributed by atoms with Crippen molar-refractivity contribution in [2.45, 2.75) is 39.0 Å². The van der Waals surface area contributed by atoms with Gasteiger partial charge >= 0.3 is 0 Å². The Bertz CT molecular complexity index is 150. The normalized spacial score (nSPS) is 15.9. The minimum absolute atomic E-state index is 0. The van der Waals surface area contributed by atoms with Crippen LogP contribution >= 0.6 is 17.1 Å². The van der Waals surface area contributed by atoms with E-state index in [1.165, 1.54) is 11.4 Å². The molecule has 0 aromatic rings. The van der Waals surface area contributed by atoms with E-state index >= 15 is 0 Å². The molecule has 0 heterocycles. The third kappa shape index (κ3) is 9.53. The zero-order valence-corrected chi connectivity index (χ0v) is 11.0. The first-order valence-corrected chi connectivity index (χ1v) is 7.69. The van der Waals surface area contributed by atoms with E-state index < -0.39 is 5.69 Å². The van der Waals surface area contributed by atoms with Gasteiger partial charge in [0.05, 0.1) is 6.10 Å². The molecule has 79 valence electrons. The molecule has 0 rings (SSSR count). The van der Waals surface area contributed by atoms with Gasteiger partial charge in [0.2, 0.25) is 5.69 Å². The molecule has 1 atom stereocenters. The molecule has 0 aromatic carbocycles. The molecule has 6 heteroatoms. The van der Waals surface area contributed by atoms with Crippen molar-refractivity contribution in [2.24, 2.45) is 0 Å². The standard InChI is InChI=1S/C6H15O2PS2.Cu/c1-5(2)8-9(7,10)11-6(3)4;/h5-6H,1-4H3,(H,7,10);. The van der Waals surface area contributed by atoms with Gasteiger partial charge in [-0.2, -0.15) is 0 Å². The van der Waals surface area contributed by atoms with Crippen LogP contribution in [-0.4, -0.2) is 16.2 Å². The van der Waals surface area contributed by atoms with Gasteiger partial charge in [-0.25, -0.2) is 0 Å². The van der Waals surface area contributed by atoms with Gasteiger partial charge in [-0.1, -0.05) is 25.2 Å². The van der Waals surface area contributed by atoms with Gasteiger partial charge in [0.15, 0.2) is 0 Å². The van der Waals surface area contributed by atoms with E-state index in [2.05, 4.69) is 0 Å². The van der Waals surface area contributed by atoms with Crippen LogP contribution in [-0.2, 0) is 33.4 Å². The van der Waals surface area contributed by atoms with Crippen LogP contribution in [0.15, 0.2) is 0 Å². The summed E-state index contributed by atoms with van der Waals surface area (Å²) in [6.45, 7) is 7.73. The summed E-state index contributed by atoms with van der Waals surface area (Å²) in [7, 11) is 0. The van der Waals surface area contributed by atoms with Crippen molar-refractivity contribution in [3.05, 3.63) is 0 Å². The fourth-order valence-corrected chi connectivity index (χ4v) is 6.00. The Morgan fingerprint density at radius 2 is 1.75 bits per heavy atom. The van der Waals surface area contributed by atoms with Gasteiger partial charge in [-0.3, -0.25) is 0 Å². The zero-order valence-electron chi connectivity index (χ0n) is 7.58. The van der Waals surface area contributed by atoms with Crippen LogP contribution in [0.5, 0.6) is 0 Å². The van der Waals surface area contributed by atoms with E-state index in [1.54, 1.807) is 0 Å². The van der Waals surface area contributed by atoms with Gasteiger partial charge < -0.3 is 9.42 Å². The van der Waals surface area contributed by atoms with Gasteiger partial charge in [0.1, 0.15) is 0 Å². The largest absolute Gasteiger partial charge is 0.337 e. The summed E-state index contributed by atoms with van der Waals surface area (Å²) in [5.74, 6) is 0. The summed E-state index contributed by atoms with van der Waals surface area (Å²) >= 11 is 6.25. The second-order valence-electron chi connectivity index (χ2n) is 2.78. The average Bonchev–Trinajstić information content (AvgIpc) is 1.53. The van der Waals surface area contributed by atoms with Crippen molar-refractivity contribution in [2.75, 3.05) is 0 Å². The predicted molar refractivity (Wildman–Crippen MR) is 55.5 cm³/mol. The average molecular weight is 278 g/mol. The third-order valence-electron chi connectivity index (χ3n) is 0.688. The fraction of sp³-hybridized carbons (Fsp3) is 1.00. The minimum Gasteiger partial charge on any atom is -0.337 e. The Balaban J connectivity index is 0.